The second kappa shape index (κ2) is 6.40. The maximum Gasteiger partial charge on any atom is 0.154 e. The molecule has 25 heavy (non-hydrogen) atoms. The third-order valence-electron chi connectivity index (χ3n) is 4.09. The number of nitrogens with two attached hydrogens (primary N) is 1. The highest BCUT2D eigenvalue weighted by atomic mass is 19.1. The van der Waals surface area contributed by atoms with Gasteiger partial charge in [-0.1, -0.05) is 12.1 Å². The number of nitrogens with zero attached hydrogens (tertiary/aromatic N) is 4. The monoisotopic (exact) mass is 343 g/mol. The molecule has 0 aliphatic heterocycles. The standard InChI is InChI=1S/C18H22FN5O/c1-17(2,3)24-16(21-22-23-24)12-18(20,15-5-4-10-25-15)11-13-6-8-14(19)9-7-13/h4-10H,11-12,20H2,1-3H3. The molecule has 0 saturated carbocycles. The molecule has 7 heteroatoms. The minimum Gasteiger partial charge on any atom is -0.467 e. The Morgan fingerprint density at radius 3 is 2.44 bits per heavy atom. The topological polar surface area (TPSA) is 82.8 Å². The molecule has 0 radical (unpaired) electrons. The van der Waals surface area contributed by atoms with Crippen LogP contribution in [0.2, 0.25) is 0 Å². The largest absolute Gasteiger partial charge is 0.467 e. The third kappa shape index (κ3) is 3.76. The Balaban J connectivity index is 1.96. The summed E-state index contributed by atoms with van der Waals surface area (Å²) in [5.74, 6) is 1.04. The lowest BCUT2D eigenvalue weighted by molar-refractivity contribution is 0.296. The zero-order valence-electron chi connectivity index (χ0n) is 14.6. The van der Waals surface area contributed by atoms with Crippen molar-refractivity contribution in [3.8, 4) is 0 Å². The summed E-state index contributed by atoms with van der Waals surface area (Å²) in [5.41, 5.74) is 6.54. The van der Waals surface area contributed by atoms with E-state index in [4.69, 9.17) is 10.2 Å². The van der Waals surface area contributed by atoms with Gasteiger partial charge < -0.3 is 10.2 Å². The molecule has 0 bridgehead atoms. The van der Waals surface area contributed by atoms with Crippen LogP contribution in [0, 0.1) is 5.82 Å². The second-order valence-corrected chi connectivity index (χ2v) is 7.29. The van der Waals surface area contributed by atoms with Gasteiger partial charge in [0.2, 0.25) is 0 Å². The van der Waals surface area contributed by atoms with Crippen LogP contribution in [0.4, 0.5) is 4.39 Å². The highest BCUT2D eigenvalue weighted by molar-refractivity contribution is 5.24. The van der Waals surface area contributed by atoms with E-state index in [9.17, 15) is 4.39 Å². The number of tetrazole rings is 1. The van der Waals surface area contributed by atoms with Crippen molar-refractivity contribution < 1.29 is 8.81 Å². The summed E-state index contributed by atoms with van der Waals surface area (Å²) in [6, 6.07) is 9.95. The molecule has 1 atom stereocenters. The number of furan rings is 1. The van der Waals surface area contributed by atoms with Gasteiger partial charge in [-0.2, -0.15) is 0 Å². The molecule has 1 aromatic carbocycles. The first-order valence-electron chi connectivity index (χ1n) is 8.13. The van der Waals surface area contributed by atoms with Gasteiger partial charge in [-0.15, -0.1) is 5.10 Å². The molecule has 2 aromatic heterocycles. The van der Waals surface area contributed by atoms with E-state index in [-0.39, 0.29) is 11.4 Å². The molecular weight excluding hydrogens is 321 g/mol. The summed E-state index contributed by atoms with van der Waals surface area (Å²) in [4.78, 5) is 0. The maximum atomic E-state index is 13.2. The van der Waals surface area contributed by atoms with Crippen molar-refractivity contribution in [2.24, 2.45) is 5.73 Å². The van der Waals surface area contributed by atoms with E-state index >= 15 is 0 Å². The van der Waals surface area contributed by atoms with Crippen LogP contribution in [0.15, 0.2) is 47.1 Å². The van der Waals surface area contributed by atoms with Crippen LogP contribution in [-0.2, 0) is 23.9 Å². The van der Waals surface area contributed by atoms with Crippen LogP contribution >= 0.6 is 0 Å². The van der Waals surface area contributed by atoms with Crippen molar-refractivity contribution in [2.75, 3.05) is 0 Å². The summed E-state index contributed by atoms with van der Waals surface area (Å²) in [7, 11) is 0. The number of halogens is 1. The van der Waals surface area contributed by atoms with Crippen LogP contribution < -0.4 is 5.73 Å². The van der Waals surface area contributed by atoms with Gasteiger partial charge in [0.25, 0.3) is 0 Å². The third-order valence-corrected chi connectivity index (χ3v) is 4.09. The van der Waals surface area contributed by atoms with Crippen molar-refractivity contribution in [3.63, 3.8) is 0 Å². The smallest absolute Gasteiger partial charge is 0.154 e. The van der Waals surface area contributed by atoms with Crippen molar-refractivity contribution >= 4 is 0 Å². The van der Waals surface area contributed by atoms with Gasteiger partial charge in [-0.25, -0.2) is 9.07 Å². The molecule has 2 N–H and O–H groups in total. The van der Waals surface area contributed by atoms with E-state index in [2.05, 4.69) is 15.5 Å². The fourth-order valence-electron chi connectivity index (χ4n) is 2.88. The Bertz CT molecular complexity index is 820. The molecule has 3 aromatic rings. The summed E-state index contributed by atoms with van der Waals surface area (Å²) >= 11 is 0. The predicted octanol–water partition coefficient (Wildman–Crippen LogP) is 2.80. The number of hydrogen-bond donors (Lipinski definition) is 1. The predicted molar refractivity (Wildman–Crippen MR) is 91.2 cm³/mol. The molecule has 3 rings (SSSR count). The fourth-order valence-corrected chi connectivity index (χ4v) is 2.88. The maximum absolute atomic E-state index is 13.2. The van der Waals surface area contributed by atoms with Gasteiger partial charge in [0.05, 0.1) is 17.3 Å². The quantitative estimate of drug-likeness (QED) is 0.770. The first-order valence-corrected chi connectivity index (χ1v) is 8.13. The van der Waals surface area contributed by atoms with Gasteiger partial charge >= 0.3 is 0 Å². The molecule has 6 nitrogen and oxygen atoms in total. The van der Waals surface area contributed by atoms with Crippen LogP contribution in [0.25, 0.3) is 0 Å². The van der Waals surface area contributed by atoms with Crippen molar-refractivity contribution in [1.29, 1.82) is 0 Å². The number of aromatic nitrogens is 4. The molecule has 1 unspecified atom stereocenters. The zero-order chi connectivity index (χ0) is 18.1. The van der Waals surface area contributed by atoms with Crippen LogP contribution in [0.1, 0.15) is 37.9 Å². The molecule has 2 heterocycles. The average Bonchev–Trinajstić information content (AvgIpc) is 3.20. The van der Waals surface area contributed by atoms with Crippen LogP contribution in [0.3, 0.4) is 0 Å². The first-order chi connectivity index (χ1) is 11.8. The Kier molecular flexibility index (Phi) is 4.43. The molecule has 0 amide bonds. The van der Waals surface area contributed by atoms with E-state index in [0.29, 0.717) is 24.4 Å². The Labute approximate surface area is 145 Å². The highest BCUT2D eigenvalue weighted by Gasteiger charge is 2.34. The van der Waals surface area contributed by atoms with E-state index in [0.717, 1.165) is 5.56 Å². The molecule has 0 aliphatic carbocycles. The fraction of sp³-hybridized carbons (Fsp3) is 0.389. The summed E-state index contributed by atoms with van der Waals surface area (Å²) < 4.78 is 20.6. The van der Waals surface area contributed by atoms with Crippen molar-refractivity contribution in [1.82, 2.24) is 20.2 Å². The Morgan fingerprint density at radius 1 is 1.12 bits per heavy atom. The number of benzene rings is 1. The van der Waals surface area contributed by atoms with E-state index in [1.165, 1.54) is 12.1 Å². The molecule has 132 valence electrons. The molecule has 0 fully saturated rings. The Hall–Kier alpha value is -2.54. The minimum absolute atomic E-state index is 0.265. The van der Waals surface area contributed by atoms with Gasteiger partial charge in [0.15, 0.2) is 5.82 Å². The lowest BCUT2D eigenvalue weighted by Crippen LogP contribution is -2.42. The summed E-state index contributed by atoms with van der Waals surface area (Å²) in [6.07, 6.45) is 2.45. The molecule has 0 aliphatic rings. The molecule has 0 saturated heterocycles. The second-order valence-electron chi connectivity index (χ2n) is 7.29. The molecular formula is C18H22FN5O. The summed E-state index contributed by atoms with van der Waals surface area (Å²) in [6.45, 7) is 6.08. The lowest BCUT2D eigenvalue weighted by Gasteiger charge is -2.29. The van der Waals surface area contributed by atoms with Gasteiger partial charge in [-0.3, -0.25) is 0 Å². The highest BCUT2D eigenvalue weighted by Crippen LogP contribution is 2.28. The minimum atomic E-state index is -0.848. The number of rotatable bonds is 5. The normalized spacial score (nSPS) is 14.4. The van der Waals surface area contributed by atoms with Gasteiger partial charge in [-0.05, 0) is 67.4 Å². The van der Waals surface area contributed by atoms with Crippen LogP contribution in [0.5, 0.6) is 0 Å². The van der Waals surface area contributed by atoms with E-state index in [1.807, 2.05) is 26.8 Å². The van der Waals surface area contributed by atoms with E-state index in [1.54, 1.807) is 29.1 Å². The van der Waals surface area contributed by atoms with Gasteiger partial charge in [0, 0.05) is 6.42 Å². The number of hydrogen-bond acceptors (Lipinski definition) is 5. The zero-order valence-corrected chi connectivity index (χ0v) is 14.6. The van der Waals surface area contributed by atoms with Crippen LogP contribution in [-0.4, -0.2) is 20.2 Å². The van der Waals surface area contributed by atoms with Crippen molar-refractivity contribution in [2.45, 2.75) is 44.7 Å². The SMILES string of the molecule is CC(C)(C)n1nnnc1CC(N)(Cc1ccc(F)cc1)c1ccco1. The average molecular weight is 343 g/mol. The Morgan fingerprint density at radius 2 is 1.84 bits per heavy atom. The van der Waals surface area contributed by atoms with E-state index < -0.39 is 5.54 Å². The lowest BCUT2D eigenvalue weighted by atomic mass is 9.85. The van der Waals surface area contributed by atoms with Gasteiger partial charge in [0.1, 0.15) is 11.6 Å². The molecule has 0 spiro atoms. The first kappa shape index (κ1) is 17.3. The van der Waals surface area contributed by atoms with Crippen molar-refractivity contribution in [3.05, 3.63) is 65.6 Å². The summed E-state index contributed by atoms with van der Waals surface area (Å²) in [5, 5.41) is 12.0.